The molecule has 0 spiro atoms. The lowest BCUT2D eigenvalue weighted by molar-refractivity contribution is 0.158. The number of rotatable bonds is 7. The third-order valence-corrected chi connectivity index (χ3v) is 3.39. The molecule has 1 atom stereocenters. The van der Waals surface area contributed by atoms with E-state index in [-0.39, 0.29) is 18.0 Å². The maximum atomic E-state index is 11.4. The molecule has 1 amide bonds. The minimum absolute atomic E-state index is 0.0290. The average molecular weight is 331 g/mol. The van der Waals surface area contributed by atoms with Crippen LogP contribution < -0.4 is 9.44 Å². The van der Waals surface area contributed by atoms with Crippen LogP contribution in [-0.2, 0) is 14.9 Å². The Bertz CT molecular complexity index is 332. The van der Waals surface area contributed by atoms with E-state index in [0.717, 1.165) is 6.42 Å². The van der Waals surface area contributed by atoms with Crippen LogP contribution in [0.4, 0.5) is 4.79 Å². The molecule has 0 bridgehead atoms. The van der Waals surface area contributed by atoms with Gasteiger partial charge in [-0.1, -0.05) is 29.8 Å². The molecular formula is C9H19BrN2O4S. The van der Waals surface area contributed by atoms with Gasteiger partial charge in [0.2, 0.25) is 0 Å². The van der Waals surface area contributed by atoms with Gasteiger partial charge in [0, 0.05) is 11.4 Å². The molecule has 0 aromatic rings. The highest BCUT2D eigenvalue weighted by Gasteiger charge is 2.16. The fraction of sp³-hybridized carbons (Fsp3) is 0.889. The van der Waals surface area contributed by atoms with Gasteiger partial charge < -0.3 is 4.74 Å². The van der Waals surface area contributed by atoms with Crippen molar-refractivity contribution in [2.24, 2.45) is 5.92 Å². The van der Waals surface area contributed by atoms with Crippen molar-refractivity contribution in [2.45, 2.75) is 32.0 Å². The van der Waals surface area contributed by atoms with Gasteiger partial charge in [-0.15, -0.1) is 0 Å². The summed E-state index contributed by atoms with van der Waals surface area (Å²) >= 11 is 3.36. The monoisotopic (exact) mass is 330 g/mol. The second kappa shape index (κ2) is 7.88. The number of ether oxygens (including phenoxy) is 1. The summed E-state index contributed by atoms with van der Waals surface area (Å²) in [5, 5.41) is 0. The standard InChI is InChI=1S/C9H19BrN2O4S/c1-4-16-9(13)12-17(14,15)11-6-8(10)5-7(2)3/h7-8,11H,4-6H2,1-3H3,(H,12,13). The van der Waals surface area contributed by atoms with E-state index in [2.05, 4.69) is 25.4 Å². The number of nitrogens with one attached hydrogen (secondary N) is 2. The molecule has 1 unspecified atom stereocenters. The normalized spacial score (nSPS) is 13.5. The Labute approximate surface area is 111 Å². The summed E-state index contributed by atoms with van der Waals surface area (Å²) < 4.78 is 31.2. The van der Waals surface area contributed by atoms with E-state index in [1.54, 1.807) is 11.6 Å². The Morgan fingerprint density at radius 1 is 1.41 bits per heavy atom. The molecule has 0 aliphatic heterocycles. The average Bonchev–Trinajstić information content (AvgIpc) is 2.13. The number of hydrogen-bond acceptors (Lipinski definition) is 4. The zero-order chi connectivity index (χ0) is 13.5. The molecule has 0 fully saturated rings. The molecule has 17 heavy (non-hydrogen) atoms. The van der Waals surface area contributed by atoms with Crippen molar-refractivity contribution in [3.8, 4) is 0 Å². The van der Waals surface area contributed by atoms with Crippen LogP contribution in [0.5, 0.6) is 0 Å². The van der Waals surface area contributed by atoms with Gasteiger partial charge in [0.15, 0.2) is 0 Å². The summed E-state index contributed by atoms with van der Waals surface area (Å²) in [6, 6.07) is 0. The maximum absolute atomic E-state index is 11.4. The molecule has 6 nitrogen and oxygen atoms in total. The fourth-order valence-electron chi connectivity index (χ4n) is 1.10. The number of hydrogen-bond donors (Lipinski definition) is 2. The van der Waals surface area contributed by atoms with E-state index in [9.17, 15) is 13.2 Å². The SMILES string of the molecule is CCOC(=O)NS(=O)(=O)NCC(Br)CC(C)C. The summed E-state index contributed by atoms with van der Waals surface area (Å²) in [6.07, 6.45) is -0.142. The zero-order valence-corrected chi connectivity index (χ0v) is 12.6. The first kappa shape index (κ1) is 16.7. The Balaban J connectivity index is 4.05. The molecule has 102 valence electrons. The second-order valence-electron chi connectivity index (χ2n) is 3.90. The highest BCUT2D eigenvalue weighted by molar-refractivity contribution is 9.09. The molecule has 0 aromatic carbocycles. The fourth-order valence-corrected chi connectivity index (χ4v) is 3.00. The molecule has 0 saturated carbocycles. The molecule has 0 aliphatic carbocycles. The first-order valence-corrected chi connectivity index (χ1v) is 7.75. The quantitative estimate of drug-likeness (QED) is 0.690. The van der Waals surface area contributed by atoms with Crippen LogP contribution in [0.25, 0.3) is 0 Å². The van der Waals surface area contributed by atoms with Crippen LogP contribution in [0.2, 0.25) is 0 Å². The summed E-state index contributed by atoms with van der Waals surface area (Å²) in [6.45, 7) is 6.01. The smallest absolute Gasteiger partial charge is 0.421 e. The summed E-state index contributed by atoms with van der Waals surface area (Å²) in [5.74, 6) is 0.460. The molecule has 0 saturated heterocycles. The number of carbonyl (C=O) groups excluding carboxylic acids is 1. The number of carbonyl (C=O) groups is 1. The zero-order valence-electron chi connectivity index (χ0n) is 10.2. The minimum Gasteiger partial charge on any atom is -0.449 e. The van der Waals surface area contributed by atoms with Crippen molar-refractivity contribution < 1.29 is 17.9 Å². The van der Waals surface area contributed by atoms with E-state index in [1.807, 2.05) is 13.8 Å². The van der Waals surface area contributed by atoms with Crippen molar-refractivity contribution in [3.05, 3.63) is 0 Å². The molecule has 0 aromatic heterocycles. The van der Waals surface area contributed by atoms with Gasteiger partial charge in [-0.25, -0.2) is 9.52 Å². The van der Waals surface area contributed by atoms with E-state index >= 15 is 0 Å². The van der Waals surface area contributed by atoms with Crippen LogP contribution in [-0.4, -0.2) is 32.5 Å². The van der Waals surface area contributed by atoms with E-state index < -0.39 is 16.3 Å². The van der Waals surface area contributed by atoms with Crippen LogP contribution in [0.15, 0.2) is 0 Å². The van der Waals surface area contributed by atoms with Crippen molar-refractivity contribution in [1.29, 1.82) is 0 Å². The Morgan fingerprint density at radius 3 is 2.47 bits per heavy atom. The predicted octanol–water partition coefficient (Wildman–Crippen LogP) is 1.38. The van der Waals surface area contributed by atoms with Crippen LogP contribution in [0.3, 0.4) is 0 Å². The lowest BCUT2D eigenvalue weighted by Gasteiger charge is -2.13. The van der Waals surface area contributed by atoms with E-state index in [0.29, 0.717) is 5.92 Å². The van der Waals surface area contributed by atoms with E-state index in [4.69, 9.17) is 0 Å². The Kier molecular flexibility index (Phi) is 7.73. The summed E-state index contributed by atoms with van der Waals surface area (Å²) in [7, 11) is -3.84. The van der Waals surface area contributed by atoms with Crippen LogP contribution in [0.1, 0.15) is 27.2 Å². The first-order chi connectivity index (χ1) is 7.76. The Morgan fingerprint density at radius 2 is 2.00 bits per heavy atom. The van der Waals surface area contributed by atoms with Gasteiger partial charge >= 0.3 is 16.3 Å². The molecule has 0 aliphatic rings. The summed E-state index contributed by atoms with van der Waals surface area (Å²) in [5.41, 5.74) is 0. The highest BCUT2D eigenvalue weighted by atomic mass is 79.9. The molecule has 8 heteroatoms. The third-order valence-electron chi connectivity index (χ3n) is 1.72. The van der Waals surface area contributed by atoms with Gasteiger partial charge in [0.1, 0.15) is 0 Å². The molecule has 2 N–H and O–H groups in total. The van der Waals surface area contributed by atoms with Crippen LogP contribution in [0, 0.1) is 5.92 Å². The number of alkyl halides is 1. The third kappa shape index (κ3) is 9.37. The highest BCUT2D eigenvalue weighted by Crippen LogP contribution is 2.11. The van der Waals surface area contributed by atoms with Crippen molar-refractivity contribution in [1.82, 2.24) is 9.44 Å². The van der Waals surface area contributed by atoms with Gasteiger partial charge in [-0.3, -0.25) is 0 Å². The first-order valence-electron chi connectivity index (χ1n) is 5.35. The largest absolute Gasteiger partial charge is 0.449 e. The van der Waals surface area contributed by atoms with Gasteiger partial charge in [0.25, 0.3) is 0 Å². The summed E-state index contributed by atoms with van der Waals surface area (Å²) in [4.78, 5) is 10.9. The van der Waals surface area contributed by atoms with Crippen molar-refractivity contribution in [2.75, 3.05) is 13.2 Å². The number of amides is 1. The van der Waals surface area contributed by atoms with E-state index in [1.165, 1.54) is 0 Å². The van der Waals surface area contributed by atoms with Crippen molar-refractivity contribution in [3.63, 3.8) is 0 Å². The lowest BCUT2D eigenvalue weighted by atomic mass is 10.1. The van der Waals surface area contributed by atoms with Gasteiger partial charge in [-0.2, -0.15) is 13.1 Å². The minimum atomic E-state index is -3.84. The van der Waals surface area contributed by atoms with Gasteiger partial charge in [-0.05, 0) is 19.3 Å². The molecule has 0 radical (unpaired) electrons. The topological polar surface area (TPSA) is 84.5 Å². The molecule has 0 rings (SSSR count). The molecule has 0 heterocycles. The second-order valence-corrected chi connectivity index (χ2v) is 6.70. The van der Waals surface area contributed by atoms with Crippen LogP contribution >= 0.6 is 15.9 Å². The van der Waals surface area contributed by atoms with Crippen molar-refractivity contribution >= 4 is 32.2 Å². The predicted molar refractivity (Wildman–Crippen MR) is 69.3 cm³/mol. The Hall–Kier alpha value is -0.340. The van der Waals surface area contributed by atoms with Gasteiger partial charge in [0.05, 0.1) is 6.61 Å². The molecular weight excluding hydrogens is 312 g/mol. The lowest BCUT2D eigenvalue weighted by Crippen LogP contribution is -2.42. The maximum Gasteiger partial charge on any atom is 0.421 e. The number of halogens is 1.